The van der Waals surface area contributed by atoms with Gasteiger partial charge in [-0.25, -0.2) is 4.39 Å². The second-order valence-corrected chi connectivity index (χ2v) is 2.62. The maximum atomic E-state index is 12.7. The molecule has 0 aromatic heterocycles. The van der Waals surface area contributed by atoms with Gasteiger partial charge in [0.1, 0.15) is 6.17 Å². The zero-order chi connectivity index (χ0) is 8.43. The second kappa shape index (κ2) is 3.22. The van der Waals surface area contributed by atoms with Crippen LogP contribution in [0.15, 0.2) is 23.8 Å². The van der Waals surface area contributed by atoms with Crippen molar-refractivity contribution in [3.8, 4) is 0 Å². The van der Waals surface area contributed by atoms with E-state index in [0.29, 0.717) is 0 Å². The fourth-order valence-corrected chi connectivity index (χ4v) is 0.916. The van der Waals surface area contributed by atoms with Crippen LogP contribution >= 0.6 is 11.6 Å². The summed E-state index contributed by atoms with van der Waals surface area (Å²) in [7, 11) is 5.28. The summed E-state index contributed by atoms with van der Waals surface area (Å²) in [5.74, 6) is -0.658. The van der Waals surface area contributed by atoms with Gasteiger partial charge in [0.05, 0.1) is 7.85 Å². The number of rotatable bonds is 1. The maximum Gasteiger partial charge on any atom is 0.252 e. The molecule has 1 aliphatic carbocycles. The molecule has 0 aromatic carbocycles. The lowest BCUT2D eigenvalue weighted by Crippen LogP contribution is -2.11. The van der Waals surface area contributed by atoms with Crippen LogP contribution in [0.4, 0.5) is 4.39 Å². The van der Waals surface area contributed by atoms with E-state index in [2.05, 4.69) is 0 Å². The Morgan fingerprint density at radius 1 is 1.73 bits per heavy atom. The molecule has 0 amide bonds. The minimum absolute atomic E-state index is 0.167. The topological polar surface area (TPSA) is 17.1 Å². The molecule has 4 heteroatoms. The minimum atomic E-state index is -1.31. The summed E-state index contributed by atoms with van der Waals surface area (Å²) in [5, 5.41) is -0.657. The number of carbonyl (C=O) groups is 1. The molecule has 1 aliphatic rings. The molecule has 56 valence electrons. The lowest BCUT2D eigenvalue weighted by molar-refractivity contribution is -0.108. The van der Waals surface area contributed by atoms with Crippen molar-refractivity contribution in [1.29, 1.82) is 0 Å². The molecule has 0 fully saturated rings. The minimum Gasteiger partial charge on any atom is -0.276 e. The Balaban J connectivity index is 2.80. The molecule has 11 heavy (non-hydrogen) atoms. The van der Waals surface area contributed by atoms with Gasteiger partial charge in [-0.2, -0.15) is 0 Å². The Hall–Kier alpha value is -0.565. The van der Waals surface area contributed by atoms with Crippen LogP contribution < -0.4 is 0 Å². The van der Waals surface area contributed by atoms with Crippen molar-refractivity contribution in [2.24, 2.45) is 0 Å². The van der Waals surface area contributed by atoms with Gasteiger partial charge >= 0.3 is 0 Å². The van der Waals surface area contributed by atoms with Crippen LogP contribution in [0.5, 0.6) is 0 Å². The van der Waals surface area contributed by atoms with E-state index in [1.807, 2.05) is 0 Å². The molecular weight excluding hydrogens is 165 g/mol. The van der Waals surface area contributed by atoms with Gasteiger partial charge in [-0.05, 0) is 23.5 Å². The Morgan fingerprint density at radius 3 is 2.82 bits per heavy atom. The molecule has 0 aromatic rings. The molecular formula is C7H5BClFO. The first kappa shape index (κ1) is 8.53. The monoisotopic (exact) mass is 170 g/mol. The van der Waals surface area contributed by atoms with Crippen LogP contribution in [0.3, 0.4) is 0 Å². The van der Waals surface area contributed by atoms with Gasteiger partial charge in [0, 0.05) is 5.57 Å². The second-order valence-electron chi connectivity index (χ2n) is 2.28. The zero-order valence-corrected chi connectivity index (χ0v) is 6.38. The molecule has 0 saturated heterocycles. The van der Waals surface area contributed by atoms with E-state index in [1.165, 1.54) is 12.2 Å². The molecule has 2 unspecified atom stereocenters. The smallest absolute Gasteiger partial charge is 0.252 e. The van der Waals surface area contributed by atoms with E-state index in [9.17, 15) is 9.18 Å². The first-order valence-electron chi connectivity index (χ1n) is 3.11. The fourth-order valence-electron chi connectivity index (χ4n) is 0.790. The van der Waals surface area contributed by atoms with Gasteiger partial charge < -0.3 is 0 Å². The number of hydrogen-bond acceptors (Lipinski definition) is 1. The summed E-state index contributed by atoms with van der Waals surface area (Å²) in [4.78, 5) is 10.5. The SMILES string of the molecule is [B]C1C=CC(C(=O)Cl)=CC1F. The zero-order valence-electron chi connectivity index (χ0n) is 5.63. The predicted molar refractivity (Wildman–Crippen MR) is 42.5 cm³/mol. The van der Waals surface area contributed by atoms with E-state index < -0.39 is 17.2 Å². The third kappa shape index (κ3) is 1.93. The highest BCUT2D eigenvalue weighted by Gasteiger charge is 2.17. The molecule has 0 bridgehead atoms. The Morgan fingerprint density at radius 2 is 2.36 bits per heavy atom. The summed E-state index contributed by atoms with van der Waals surface area (Å²) in [5.41, 5.74) is 0.167. The lowest BCUT2D eigenvalue weighted by Gasteiger charge is -2.13. The first-order chi connectivity index (χ1) is 5.11. The van der Waals surface area contributed by atoms with Crippen molar-refractivity contribution in [1.82, 2.24) is 0 Å². The third-order valence-electron chi connectivity index (χ3n) is 1.43. The van der Waals surface area contributed by atoms with Crippen LogP contribution in [-0.4, -0.2) is 19.3 Å². The lowest BCUT2D eigenvalue weighted by atomic mass is 9.79. The van der Waals surface area contributed by atoms with Gasteiger partial charge in [-0.3, -0.25) is 4.79 Å². The van der Waals surface area contributed by atoms with Crippen molar-refractivity contribution in [3.63, 3.8) is 0 Å². The summed E-state index contributed by atoms with van der Waals surface area (Å²) >= 11 is 5.10. The standard InChI is InChI=1S/C7H5BClFO/c8-5-2-1-4(7(9)11)3-6(5)10/h1-3,5-6H. The Bertz CT molecular complexity index is 237. The van der Waals surface area contributed by atoms with E-state index in [-0.39, 0.29) is 5.57 Å². The third-order valence-corrected chi connectivity index (χ3v) is 1.65. The number of halogens is 2. The maximum absolute atomic E-state index is 12.7. The summed E-state index contributed by atoms with van der Waals surface area (Å²) in [6, 6.07) is 0. The van der Waals surface area contributed by atoms with Gasteiger partial charge in [0.25, 0.3) is 5.24 Å². The number of allylic oxidation sites excluding steroid dienone is 4. The molecule has 0 spiro atoms. The molecule has 0 aliphatic heterocycles. The van der Waals surface area contributed by atoms with Crippen molar-refractivity contribution in [2.45, 2.75) is 12.0 Å². The number of hydrogen-bond donors (Lipinski definition) is 0. The largest absolute Gasteiger partial charge is 0.276 e. The Labute approximate surface area is 70.3 Å². The highest BCUT2D eigenvalue weighted by molar-refractivity contribution is 6.68. The van der Waals surface area contributed by atoms with Crippen LogP contribution in [-0.2, 0) is 4.79 Å². The Kier molecular flexibility index (Phi) is 2.50. The quantitative estimate of drug-likeness (QED) is 0.431. The highest BCUT2D eigenvalue weighted by atomic mass is 35.5. The average molecular weight is 170 g/mol. The van der Waals surface area contributed by atoms with Gasteiger partial charge in [0.15, 0.2) is 0 Å². The van der Waals surface area contributed by atoms with Crippen molar-refractivity contribution < 1.29 is 9.18 Å². The molecule has 0 saturated carbocycles. The summed E-state index contributed by atoms with van der Waals surface area (Å²) < 4.78 is 12.7. The van der Waals surface area contributed by atoms with Gasteiger partial charge in [-0.15, -0.1) is 0 Å². The highest BCUT2D eigenvalue weighted by Crippen LogP contribution is 2.22. The molecule has 1 rings (SSSR count). The molecule has 1 nitrogen and oxygen atoms in total. The van der Waals surface area contributed by atoms with Crippen LogP contribution in [0, 0.1) is 0 Å². The number of alkyl halides is 1. The van der Waals surface area contributed by atoms with E-state index in [0.717, 1.165) is 6.08 Å². The molecule has 0 heterocycles. The average Bonchev–Trinajstić information content (AvgIpc) is 1.94. The van der Waals surface area contributed by atoms with E-state index >= 15 is 0 Å². The normalized spacial score (nSPS) is 29.8. The molecule has 0 N–H and O–H groups in total. The van der Waals surface area contributed by atoms with E-state index in [4.69, 9.17) is 19.4 Å². The van der Waals surface area contributed by atoms with Crippen LogP contribution in [0.2, 0.25) is 5.82 Å². The molecule has 2 atom stereocenters. The van der Waals surface area contributed by atoms with Crippen molar-refractivity contribution in [3.05, 3.63) is 23.8 Å². The van der Waals surface area contributed by atoms with Crippen molar-refractivity contribution in [2.75, 3.05) is 0 Å². The van der Waals surface area contributed by atoms with Crippen LogP contribution in [0.1, 0.15) is 0 Å². The van der Waals surface area contributed by atoms with Gasteiger partial charge in [0.2, 0.25) is 0 Å². The van der Waals surface area contributed by atoms with E-state index in [1.54, 1.807) is 0 Å². The fraction of sp³-hybridized carbons (Fsp3) is 0.286. The predicted octanol–water partition coefficient (Wildman–Crippen LogP) is 1.54. The van der Waals surface area contributed by atoms with Gasteiger partial charge in [-0.1, -0.05) is 12.2 Å². The van der Waals surface area contributed by atoms with Crippen molar-refractivity contribution >= 4 is 24.7 Å². The van der Waals surface area contributed by atoms with Crippen LogP contribution in [0.25, 0.3) is 0 Å². The summed E-state index contributed by atoms with van der Waals surface area (Å²) in [6.45, 7) is 0. The number of carbonyl (C=O) groups excluding carboxylic acids is 1. The summed E-state index contributed by atoms with van der Waals surface area (Å²) in [6.07, 6.45) is 2.66. The first-order valence-corrected chi connectivity index (χ1v) is 3.48. The molecule has 2 radical (unpaired) electrons.